The van der Waals surface area contributed by atoms with E-state index in [1.165, 1.54) is 18.9 Å². The van der Waals surface area contributed by atoms with Crippen molar-refractivity contribution in [2.24, 2.45) is 0 Å². The smallest absolute Gasteiger partial charge is 0.151 e. The number of fused-ring (bicyclic) bond motifs is 1. The van der Waals surface area contributed by atoms with E-state index in [-0.39, 0.29) is 5.82 Å². The second-order valence-electron chi connectivity index (χ2n) is 5.16. The van der Waals surface area contributed by atoms with Crippen molar-refractivity contribution in [3.8, 4) is 0 Å². The molecule has 0 saturated carbocycles. The van der Waals surface area contributed by atoms with Gasteiger partial charge in [0.25, 0.3) is 0 Å². The summed E-state index contributed by atoms with van der Waals surface area (Å²) in [5, 5.41) is 0. The fraction of sp³-hybridized carbons (Fsp3) is 0.500. The van der Waals surface area contributed by atoms with Gasteiger partial charge in [-0.2, -0.15) is 0 Å². The molecule has 0 amide bonds. The highest BCUT2D eigenvalue weighted by atomic mass is 35.5. The van der Waals surface area contributed by atoms with E-state index in [9.17, 15) is 4.39 Å². The zero-order valence-corrected chi connectivity index (χ0v) is 11.7. The molecule has 0 aliphatic carbocycles. The molecule has 1 fully saturated rings. The van der Waals surface area contributed by atoms with Crippen molar-refractivity contribution in [2.75, 3.05) is 13.6 Å². The van der Waals surface area contributed by atoms with E-state index in [4.69, 9.17) is 11.6 Å². The first-order valence-corrected chi connectivity index (χ1v) is 7.14. The fourth-order valence-electron chi connectivity index (χ4n) is 2.89. The van der Waals surface area contributed by atoms with Gasteiger partial charge in [0.1, 0.15) is 11.3 Å². The van der Waals surface area contributed by atoms with Crippen LogP contribution in [0.3, 0.4) is 0 Å². The molecule has 5 heteroatoms. The number of likely N-dealkylation sites (N-methyl/N-ethyl adjacent to an activating group) is 1. The zero-order valence-electron chi connectivity index (χ0n) is 10.9. The molecule has 1 aliphatic rings. The molecule has 1 unspecified atom stereocenters. The number of para-hydroxylation sites is 1. The van der Waals surface area contributed by atoms with Gasteiger partial charge in [-0.1, -0.05) is 6.07 Å². The van der Waals surface area contributed by atoms with Crippen LogP contribution in [0, 0.1) is 5.82 Å². The first-order chi connectivity index (χ1) is 9.20. The summed E-state index contributed by atoms with van der Waals surface area (Å²) in [6.45, 7) is 1.96. The Labute approximate surface area is 117 Å². The first-order valence-electron chi connectivity index (χ1n) is 6.60. The van der Waals surface area contributed by atoms with Gasteiger partial charge >= 0.3 is 0 Å². The van der Waals surface area contributed by atoms with E-state index in [2.05, 4.69) is 21.5 Å². The van der Waals surface area contributed by atoms with Crippen LogP contribution >= 0.6 is 11.6 Å². The van der Waals surface area contributed by atoms with E-state index < -0.39 is 0 Å². The highest BCUT2D eigenvalue weighted by molar-refractivity contribution is 6.16. The number of nitrogens with zero attached hydrogens (tertiary/aromatic N) is 3. The molecule has 0 spiro atoms. The molecular formula is C14H17ClFN3. The average Bonchev–Trinajstić information content (AvgIpc) is 2.96. The second-order valence-corrected chi connectivity index (χ2v) is 5.42. The monoisotopic (exact) mass is 281 g/mol. The summed E-state index contributed by atoms with van der Waals surface area (Å²) >= 11 is 5.96. The summed E-state index contributed by atoms with van der Waals surface area (Å²) in [4.78, 5) is 6.69. The highest BCUT2D eigenvalue weighted by Gasteiger charge is 2.23. The lowest BCUT2D eigenvalue weighted by molar-refractivity contribution is 0.282. The molecular weight excluding hydrogens is 265 g/mol. The Morgan fingerprint density at radius 2 is 2.32 bits per heavy atom. The molecule has 1 aromatic heterocycles. The SMILES string of the molecule is CN1CCCC1Cn1c(CCl)nc2c(F)cccc21. The Kier molecular flexibility index (Phi) is 3.46. The number of rotatable bonds is 3. The molecule has 0 N–H and O–H groups in total. The third-order valence-electron chi connectivity index (χ3n) is 3.99. The lowest BCUT2D eigenvalue weighted by atomic mass is 10.2. The number of likely N-dealkylation sites (tertiary alicyclic amines) is 1. The normalized spacial score (nSPS) is 20.5. The van der Waals surface area contributed by atoms with Crippen molar-refractivity contribution in [1.82, 2.24) is 14.5 Å². The van der Waals surface area contributed by atoms with Gasteiger partial charge in [0.15, 0.2) is 5.82 Å². The number of halogens is 2. The molecule has 19 heavy (non-hydrogen) atoms. The van der Waals surface area contributed by atoms with Gasteiger partial charge in [0.2, 0.25) is 0 Å². The molecule has 3 rings (SSSR count). The quantitative estimate of drug-likeness (QED) is 0.807. The largest absolute Gasteiger partial charge is 0.325 e. The topological polar surface area (TPSA) is 21.1 Å². The maximum atomic E-state index is 13.8. The summed E-state index contributed by atoms with van der Waals surface area (Å²) in [7, 11) is 2.14. The van der Waals surface area contributed by atoms with Crippen LogP contribution in [-0.4, -0.2) is 34.1 Å². The summed E-state index contributed by atoms with van der Waals surface area (Å²) in [6, 6.07) is 5.57. The van der Waals surface area contributed by atoms with Gasteiger partial charge in [-0.25, -0.2) is 9.37 Å². The van der Waals surface area contributed by atoms with Crippen molar-refractivity contribution in [2.45, 2.75) is 31.3 Å². The minimum Gasteiger partial charge on any atom is -0.325 e. The highest BCUT2D eigenvalue weighted by Crippen LogP contribution is 2.24. The maximum absolute atomic E-state index is 13.8. The molecule has 0 radical (unpaired) electrons. The van der Waals surface area contributed by atoms with Crippen molar-refractivity contribution in [1.29, 1.82) is 0 Å². The third kappa shape index (κ3) is 2.23. The number of hydrogen-bond donors (Lipinski definition) is 0. The molecule has 1 saturated heterocycles. The van der Waals surface area contributed by atoms with Crippen molar-refractivity contribution in [3.05, 3.63) is 29.8 Å². The minimum absolute atomic E-state index is 0.276. The van der Waals surface area contributed by atoms with Crippen LogP contribution in [-0.2, 0) is 12.4 Å². The van der Waals surface area contributed by atoms with Crippen LogP contribution in [0.2, 0.25) is 0 Å². The molecule has 2 aromatic rings. The predicted molar refractivity (Wildman–Crippen MR) is 74.9 cm³/mol. The van der Waals surface area contributed by atoms with Gasteiger partial charge in [-0.15, -0.1) is 11.6 Å². The van der Waals surface area contributed by atoms with Gasteiger partial charge in [-0.3, -0.25) is 0 Å². The fourth-order valence-corrected chi connectivity index (χ4v) is 3.09. The third-order valence-corrected chi connectivity index (χ3v) is 4.23. The van der Waals surface area contributed by atoms with Crippen LogP contribution in [0.15, 0.2) is 18.2 Å². The lowest BCUT2D eigenvalue weighted by Crippen LogP contribution is -2.29. The van der Waals surface area contributed by atoms with Gasteiger partial charge in [0, 0.05) is 12.6 Å². The zero-order chi connectivity index (χ0) is 13.4. The molecule has 102 valence electrons. The van der Waals surface area contributed by atoms with Gasteiger partial charge < -0.3 is 9.47 Å². The maximum Gasteiger partial charge on any atom is 0.151 e. The molecule has 1 atom stereocenters. The first kappa shape index (κ1) is 12.9. The van der Waals surface area contributed by atoms with Crippen LogP contribution in [0.5, 0.6) is 0 Å². The Hall–Kier alpha value is -1.13. The summed E-state index contributed by atoms with van der Waals surface area (Å²) in [5.74, 6) is 0.786. The van der Waals surface area contributed by atoms with Crippen molar-refractivity contribution in [3.63, 3.8) is 0 Å². The molecule has 0 bridgehead atoms. The van der Waals surface area contributed by atoms with E-state index >= 15 is 0 Å². The van der Waals surface area contributed by atoms with E-state index in [1.54, 1.807) is 6.07 Å². The molecule has 2 heterocycles. The van der Waals surface area contributed by atoms with E-state index in [1.807, 2.05) is 6.07 Å². The van der Waals surface area contributed by atoms with Crippen molar-refractivity contribution >= 4 is 22.6 Å². The van der Waals surface area contributed by atoms with Crippen LogP contribution in [0.1, 0.15) is 18.7 Å². The minimum atomic E-state index is -0.276. The number of benzene rings is 1. The van der Waals surface area contributed by atoms with E-state index in [0.29, 0.717) is 17.4 Å². The Morgan fingerprint density at radius 3 is 3.00 bits per heavy atom. The van der Waals surface area contributed by atoms with E-state index in [0.717, 1.165) is 24.4 Å². The van der Waals surface area contributed by atoms with Crippen LogP contribution < -0.4 is 0 Å². The standard InChI is InChI=1S/C14H17ClFN3/c1-18-7-3-4-10(18)9-19-12-6-2-5-11(16)14(12)17-13(19)8-15/h2,5-6,10H,3-4,7-9H2,1H3. The molecule has 1 aliphatic heterocycles. The van der Waals surface area contributed by atoms with Crippen molar-refractivity contribution < 1.29 is 4.39 Å². The van der Waals surface area contributed by atoms with Crippen LogP contribution in [0.4, 0.5) is 4.39 Å². The second kappa shape index (κ2) is 5.10. The number of imidazole rings is 1. The van der Waals surface area contributed by atoms with Crippen LogP contribution in [0.25, 0.3) is 11.0 Å². The Morgan fingerprint density at radius 1 is 1.47 bits per heavy atom. The number of aromatic nitrogens is 2. The lowest BCUT2D eigenvalue weighted by Gasteiger charge is -2.21. The Bertz CT molecular complexity index is 596. The van der Waals surface area contributed by atoms with Gasteiger partial charge in [-0.05, 0) is 38.6 Å². The average molecular weight is 282 g/mol. The predicted octanol–water partition coefficient (Wildman–Crippen LogP) is 3.01. The summed E-state index contributed by atoms with van der Waals surface area (Å²) in [6.07, 6.45) is 2.39. The molecule has 1 aromatic carbocycles. The summed E-state index contributed by atoms with van der Waals surface area (Å²) < 4.78 is 15.8. The molecule has 3 nitrogen and oxygen atoms in total. The Balaban J connectivity index is 2.03. The number of alkyl halides is 1. The summed E-state index contributed by atoms with van der Waals surface area (Å²) in [5.41, 5.74) is 1.27. The van der Waals surface area contributed by atoms with Gasteiger partial charge in [0.05, 0.1) is 11.4 Å². The number of hydrogen-bond acceptors (Lipinski definition) is 2.